The number of alkyl halides is 3. The predicted octanol–water partition coefficient (Wildman–Crippen LogP) is 5.14. The summed E-state index contributed by atoms with van der Waals surface area (Å²) in [5, 5.41) is 8.56. The standard InChI is InChI=1S/C21H23ClF3N5O/c1-5-6-7-17-19(16-11-18(31)27-12(2)26-16)28-29-30(17)20(3,4)14-9-8-13(10-15(14)22)21(23,24)25/h8-11H,5-7H2,1-4H3,(H,26,27,31). The van der Waals surface area contributed by atoms with Gasteiger partial charge >= 0.3 is 6.18 Å². The number of aryl methyl sites for hydroxylation is 1. The first-order chi connectivity index (χ1) is 14.4. The van der Waals surface area contributed by atoms with Crippen molar-refractivity contribution in [2.75, 3.05) is 0 Å². The molecule has 0 aliphatic heterocycles. The molecule has 0 saturated heterocycles. The molecule has 0 spiro atoms. The summed E-state index contributed by atoms with van der Waals surface area (Å²) < 4.78 is 40.8. The number of halogens is 4. The summed E-state index contributed by atoms with van der Waals surface area (Å²) >= 11 is 6.27. The SMILES string of the molecule is CCCCc1c(-c2cc(=O)[nH]c(C)n2)nnn1C(C)(C)c1ccc(C(F)(F)F)cc1Cl. The molecule has 0 atom stereocenters. The third kappa shape index (κ3) is 4.66. The maximum Gasteiger partial charge on any atom is 0.416 e. The van der Waals surface area contributed by atoms with Gasteiger partial charge in [0.15, 0.2) is 0 Å². The number of hydrogen-bond acceptors (Lipinski definition) is 4. The van der Waals surface area contributed by atoms with Gasteiger partial charge in [-0.1, -0.05) is 36.2 Å². The first-order valence-electron chi connectivity index (χ1n) is 9.85. The first-order valence-corrected chi connectivity index (χ1v) is 10.2. The molecule has 31 heavy (non-hydrogen) atoms. The highest BCUT2D eigenvalue weighted by Crippen LogP contribution is 2.38. The van der Waals surface area contributed by atoms with Crippen LogP contribution in [-0.4, -0.2) is 25.0 Å². The summed E-state index contributed by atoms with van der Waals surface area (Å²) in [6, 6.07) is 4.65. The summed E-state index contributed by atoms with van der Waals surface area (Å²) in [5.74, 6) is 0.448. The second-order valence-electron chi connectivity index (χ2n) is 7.87. The van der Waals surface area contributed by atoms with E-state index in [4.69, 9.17) is 11.6 Å². The number of rotatable bonds is 6. The van der Waals surface area contributed by atoms with Gasteiger partial charge in [-0.25, -0.2) is 9.67 Å². The molecule has 3 rings (SSSR count). The lowest BCUT2D eigenvalue weighted by molar-refractivity contribution is -0.137. The van der Waals surface area contributed by atoms with Crippen LogP contribution in [0.1, 0.15) is 56.3 Å². The molecule has 0 amide bonds. The van der Waals surface area contributed by atoms with E-state index in [1.165, 1.54) is 12.1 Å². The number of unbranched alkanes of at least 4 members (excludes halogenated alkanes) is 1. The Balaban J connectivity index is 2.15. The van der Waals surface area contributed by atoms with Gasteiger partial charge in [-0.05, 0) is 51.3 Å². The van der Waals surface area contributed by atoms with E-state index in [9.17, 15) is 18.0 Å². The zero-order chi connectivity index (χ0) is 23.0. The highest BCUT2D eigenvalue weighted by atomic mass is 35.5. The Morgan fingerprint density at radius 3 is 2.48 bits per heavy atom. The van der Waals surface area contributed by atoms with Crippen molar-refractivity contribution in [2.24, 2.45) is 0 Å². The fourth-order valence-corrected chi connectivity index (χ4v) is 3.93. The summed E-state index contributed by atoms with van der Waals surface area (Å²) in [4.78, 5) is 18.9. The summed E-state index contributed by atoms with van der Waals surface area (Å²) in [6.07, 6.45) is -2.13. The molecule has 0 saturated carbocycles. The number of aromatic nitrogens is 5. The molecule has 0 radical (unpaired) electrons. The van der Waals surface area contributed by atoms with Gasteiger partial charge in [0.2, 0.25) is 0 Å². The number of nitrogens with one attached hydrogen (secondary N) is 1. The minimum absolute atomic E-state index is 0.0107. The number of H-pyrrole nitrogens is 1. The topological polar surface area (TPSA) is 76.5 Å². The van der Waals surface area contributed by atoms with E-state index in [1.807, 2.05) is 20.8 Å². The molecule has 0 unspecified atom stereocenters. The van der Waals surface area contributed by atoms with Crippen LogP contribution in [0.5, 0.6) is 0 Å². The Labute approximate surface area is 182 Å². The Kier molecular flexibility index (Phi) is 6.27. The Morgan fingerprint density at radius 1 is 1.19 bits per heavy atom. The molecule has 6 nitrogen and oxygen atoms in total. The van der Waals surface area contributed by atoms with Crippen molar-refractivity contribution in [3.8, 4) is 11.4 Å². The van der Waals surface area contributed by atoms with Crippen LogP contribution in [0.4, 0.5) is 13.2 Å². The lowest BCUT2D eigenvalue weighted by Gasteiger charge is -2.29. The van der Waals surface area contributed by atoms with Gasteiger partial charge < -0.3 is 4.98 Å². The van der Waals surface area contributed by atoms with Crippen molar-refractivity contribution in [1.82, 2.24) is 25.0 Å². The van der Waals surface area contributed by atoms with E-state index < -0.39 is 17.3 Å². The third-order valence-corrected chi connectivity index (χ3v) is 5.43. The average molecular weight is 454 g/mol. The fraction of sp³-hybridized carbons (Fsp3) is 0.429. The van der Waals surface area contributed by atoms with Crippen LogP contribution in [0.15, 0.2) is 29.1 Å². The largest absolute Gasteiger partial charge is 0.416 e. The molecule has 2 heterocycles. The van der Waals surface area contributed by atoms with E-state index in [-0.39, 0.29) is 10.6 Å². The number of nitrogens with zero attached hydrogens (tertiary/aromatic N) is 4. The Hall–Kier alpha value is -2.68. The molecule has 0 aliphatic carbocycles. The Morgan fingerprint density at radius 2 is 1.90 bits per heavy atom. The Bertz CT molecular complexity index is 1150. The van der Waals surface area contributed by atoms with Crippen LogP contribution in [0, 0.1) is 6.92 Å². The first kappa shape index (κ1) is 23.0. The van der Waals surface area contributed by atoms with Crippen molar-refractivity contribution >= 4 is 11.6 Å². The summed E-state index contributed by atoms with van der Waals surface area (Å²) in [5.41, 5.74) is 0.0684. The lowest BCUT2D eigenvalue weighted by atomic mass is 9.92. The minimum atomic E-state index is -4.48. The average Bonchev–Trinajstić information content (AvgIpc) is 3.09. The monoisotopic (exact) mass is 453 g/mol. The highest BCUT2D eigenvalue weighted by molar-refractivity contribution is 6.31. The predicted molar refractivity (Wildman–Crippen MR) is 112 cm³/mol. The van der Waals surface area contributed by atoms with E-state index in [1.54, 1.807) is 11.6 Å². The van der Waals surface area contributed by atoms with E-state index in [0.717, 1.165) is 30.7 Å². The second kappa shape index (κ2) is 8.45. The van der Waals surface area contributed by atoms with Gasteiger partial charge in [0.1, 0.15) is 17.2 Å². The van der Waals surface area contributed by atoms with E-state index in [2.05, 4.69) is 20.3 Å². The zero-order valence-electron chi connectivity index (χ0n) is 17.6. The van der Waals surface area contributed by atoms with Crippen molar-refractivity contribution in [1.29, 1.82) is 0 Å². The molecule has 166 valence electrons. The van der Waals surface area contributed by atoms with Crippen LogP contribution < -0.4 is 5.56 Å². The normalized spacial score (nSPS) is 12.4. The van der Waals surface area contributed by atoms with Gasteiger partial charge in [0.05, 0.1) is 16.8 Å². The smallest absolute Gasteiger partial charge is 0.311 e. The van der Waals surface area contributed by atoms with Crippen molar-refractivity contribution in [3.63, 3.8) is 0 Å². The van der Waals surface area contributed by atoms with E-state index in [0.29, 0.717) is 29.2 Å². The van der Waals surface area contributed by atoms with Gasteiger partial charge in [0.25, 0.3) is 5.56 Å². The molecular formula is C21H23ClF3N5O. The quantitative estimate of drug-likeness (QED) is 0.561. The molecule has 0 aliphatic rings. The van der Waals surface area contributed by atoms with Gasteiger partial charge in [0, 0.05) is 11.1 Å². The highest BCUT2D eigenvalue weighted by Gasteiger charge is 2.35. The van der Waals surface area contributed by atoms with E-state index >= 15 is 0 Å². The fourth-order valence-electron chi connectivity index (χ4n) is 3.52. The number of aromatic amines is 1. The molecule has 0 bridgehead atoms. The molecule has 1 N–H and O–H groups in total. The van der Waals surface area contributed by atoms with Gasteiger partial charge in [-0.15, -0.1) is 5.10 Å². The van der Waals surface area contributed by atoms with Crippen LogP contribution in [0.2, 0.25) is 5.02 Å². The lowest BCUT2D eigenvalue weighted by Crippen LogP contribution is -2.31. The molecule has 3 aromatic rings. The molecule has 10 heteroatoms. The number of hydrogen-bond donors (Lipinski definition) is 1. The van der Waals surface area contributed by atoms with Gasteiger partial charge in [-0.3, -0.25) is 4.79 Å². The summed E-state index contributed by atoms with van der Waals surface area (Å²) in [7, 11) is 0. The maximum atomic E-state index is 13.1. The minimum Gasteiger partial charge on any atom is -0.311 e. The van der Waals surface area contributed by atoms with Crippen LogP contribution in [0.3, 0.4) is 0 Å². The van der Waals surface area contributed by atoms with Crippen LogP contribution in [-0.2, 0) is 18.1 Å². The third-order valence-electron chi connectivity index (χ3n) is 5.12. The maximum absolute atomic E-state index is 13.1. The molecule has 0 fully saturated rings. The van der Waals surface area contributed by atoms with Crippen molar-refractivity contribution in [2.45, 2.75) is 58.7 Å². The van der Waals surface area contributed by atoms with Gasteiger partial charge in [-0.2, -0.15) is 13.2 Å². The summed E-state index contributed by atoms with van der Waals surface area (Å²) in [6.45, 7) is 7.34. The second-order valence-corrected chi connectivity index (χ2v) is 8.27. The zero-order valence-corrected chi connectivity index (χ0v) is 18.4. The van der Waals surface area contributed by atoms with Crippen LogP contribution >= 0.6 is 11.6 Å². The molecule has 2 aromatic heterocycles. The number of benzene rings is 1. The molecule has 1 aromatic carbocycles. The van der Waals surface area contributed by atoms with Crippen LogP contribution in [0.25, 0.3) is 11.4 Å². The van der Waals surface area contributed by atoms with Crippen molar-refractivity contribution < 1.29 is 13.2 Å². The van der Waals surface area contributed by atoms with Crippen molar-refractivity contribution in [3.05, 3.63) is 62.3 Å². The molecular weight excluding hydrogens is 431 g/mol.